The molecule has 226 valence electrons. The maximum atomic E-state index is 12.5. The first-order valence-corrected chi connectivity index (χ1v) is 15.0. The molecular formula is C33H49N3O5. The summed E-state index contributed by atoms with van der Waals surface area (Å²) in [7, 11) is 3.44. The zero-order chi connectivity index (χ0) is 29.4. The van der Waals surface area contributed by atoms with Crippen LogP contribution in [0.5, 0.6) is 11.5 Å². The average Bonchev–Trinajstić information content (AvgIpc) is 2.96. The van der Waals surface area contributed by atoms with Crippen molar-refractivity contribution in [3.05, 3.63) is 53.6 Å². The molecule has 4 atom stereocenters. The summed E-state index contributed by atoms with van der Waals surface area (Å²) in [4.78, 5) is 14.9. The first kappa shape index (κ1) is 31.1. The monoisotopic (exact) mass is 567 g/mol. The van der Waals surface area contributed by atoms with Crippen LogP contribution in [0.2, 0.25) is 0 Å². The third-order valence-corrected chi connectivity index (χ3v) is 8.06. The summed E-state index contributed by atoms with van der Waals surface area (Å²) < 4.78 is 23.2. The van der Waals surface area contributed by atoms with E-state index in [2.05, 4.69) is 52.8 Å². The summed E-state index contributed by atoms with van der Waals surface area (Å²) in [5.41, 5.74) is 3.12. The summed E-state index contributed by atoms with van der Waals surface area (Å²) in [5, 5.41) is 6.91. The molecule has 1 saturated heterocycles. The number of piperidine rings is 1. The van der Waals surface area contributed by atoms with Crippen LogP contribution >= 0.6 is 0 Å². The largest absolute Gasteiger partial charge is 0.497 e. The van der Waals surface area contributed by atoms with E-state index in [0.717, 1.165) is 68.3 Å². The van der Waals surface area contributed by atoms with Crippen molar-refractivity contribution in [3.63, 3.8) is 0 Å². The Balaban J connectivity index is 1.43. The molecular weight excluding hydrogens is 518 g/mol. The van der Waals surface area contributed by atoms with Gasteiger partial charge in [-0.2, -0.15) is 0 Å². The highest BCUT2D eigenvalue weighted by Gasteiger charge is 2.33. The maximum absolute atomic E-state index is 12.5. The lowest BCUT2D eigenvalue weighted by molar-refractivity contribution is -0.129. The van der Waals surface area contributed by atoms with Gasteiger partial charge in [-0.25, -0.2) is 0 Å². The fourth-order valence-corrected chi connectivity index (χ4v) is 5.69. The van der Waals surface area contributed by atoms with E-state index >= 15 is 0 Å². The molecule has 8 nitrogen and oxygen atoms in total. The minimum Gasteiger partial charge on any atom is -0.497 e. The predicted molar refractivity (Wildman–Crippen MR) is 163 cm³/mol. The van der Waals surface area contributed by atoms with Crippen molar-refractivity contribution in [1.29, 1.82) is 0 Å². The summed E-state index contributed by atoms with van der Waals surface area (Å²) >= 11 is 0. The molecule has 1 fully saturated rings. The number of anilines is 1. The number of methoxy groups -OCH3 is 2. The second-order valence-electron chi connectivity index (χ2n) is 12.4. The first-order valence-electron chi connectivity index (χ1n) is 15.0. The van der Waals surface area contributed by atoms with E-state index < -0.39 is 5.41 Å². The number of amides is 1. The number of nitrogens with one attached hydrogen (secondary N) is 2. The van der Waals surface area contributed by atoms with Gasteiger partial charge in [0.1, 0.15) is 18.1 Å². The number of carbonyl (C=O) groups is 1. The Morgan fingerprint density at radius 1 is 1.17 bits per heavy atom. The molecule has 2 aliphatic heterocycles. The molecule has 4 rings (SSSR count). The van der Waals surface area contributed by atoms with Crippen LogP contribution in [0.1, 0.15) is 64.0 Å². The van der Waals surface area contributed by atoms with Gasteiger partial charge in [-0.3, -0.25) is 4.79 Å². The van der Waals surface area contributed by atoms with Gasteiger partial charge in [0.25, 0.3) is 0 Å². The third kappa shape index (κ3) is 8.60. The van der Waals surface area contributed by atoms with Crippen molar-refractivity contribution in [1.82, 2.24) is 10.6 Å². The van der Waals surface area contributed by atoms with Gasteiger partial charge < -0.3 is 34.5 Å². The molecule has 0 saturated carbocycles. The zero-order valence-electron chi connectivity index (χ0n) is 25.7. The van der Waals surface area contributed by atoms with Crippen LogP contribution in [0.15, 0.2) is 42.5 Å². The van der Waals surface area contributed by atoms with Crippen LogP contribution in [0.3, 0.4) is 0 Å². The van der Waals surface area contributed by atoms with Crippen LogP contribution < -0.4 is 25.0 Å². The smallest absolute Gasteiger partial charge is 0.225 e. The van der Waals surface area contributed by atoms with E-state index in [9.17, 15) is 4.79 Å². The second-order valence-corrected chi connectivity index (χ2v) is 12.4. The molecule has 0 spiro atoms. The van der Waals surface area contributed by atoms with E-state index in [4.69, 9.17) is 18.9 Å². The molecule has 0 aliphatic carbocycles. The maximum Gasteiger partial charge on any atom is 0.225 e. The van der Waals surface area contributed by atoms with Crippen molar-refractivity contribution in [2.45, 2.75) is 77.7 Å². The Bertz CT molecular complexity index is 1120. The lowest BCUT2D eigenvalue weighted by Gasteiger charge is -2.38. The highest BCUT2D eigenvalue weighted by molar-refractivity contribution is 5.81. The van der Waals surface area contributed by atoms with Crippen molar-refractivity contribution < 1.29 is 23.7 Å². The number of fused-ring (bicyclic) bond motifs is 1. The molecule has 0 radical (unpaired) electrons. The Kier molecular flexibility index (Phi) is 10.9. The standard InChI is InChI=1S/C33H49N3O5/c1-23(35-32(37)33(2,3)4)18-26-20-28(25-9-11-27(39-6)12-10-25)31(21-34-26)41-22-24-8-13-30-29(19-24)36(15-17-40-30)14-7-16-38-5/h8-13,19,23,26,28,31,34H,7,14-18,20-22H2,1-6H3,(H,35,37)/t23-,26+,28-,31+/m1/s1. The number of hydrogen-bond acceptors (Lipinski definition) is 7. The van der Waals surface area contributed by atoms with Gasteiger partial charge in [-0.05, 0) is 61.6 Å². The number of hydrogen-bond donors (Lipinski definition) is 2. The Morgan fingerprint density at radius 2 is 1.95 bits per heavy atom. The second kappa shape index (κ2) is 14.4. The van der Waals surface area contributed by atoms with E-state index in [1.54, 1.807) is 14.2 Å². The van der Waals surface area contributed by atoms with Crippen LogP contribution in [0.25, 0.3) is 0 Å². The highest BCUT2D eigenvalue weighted by Crippen LogP contribution is 2.35. The van der Waals surface area contributed by atoms with Gasteiger partial charge in [-0.1, -0.05) is 39.0 Å². The summed E-state index contributed by atoms with van der Waals surface area (Å²) in [6.07, 6.45) is 2.79. The van der Waals surface area contributed by atoms with Crippen molar-refractivity contribution >= 4 is 11.6 Å². The van der Waals surface area contributed by atoms with Crippen LogP contribution in [-0.2, 0) is 20.9 Å². The Labute approximate surface area is 246 Å². The lowest BCUT2D eigenvalue weighted by atomic mass is 9.82. The molecule has 2 aliphatic rings. The Morgan fingerprint density at radius 3 is 2.66 bits per heavy atom. The van der Waals surface area contributed by atoms with Crippen LogP contribution in [0, 0.1) is 5.41 Å². The van der Waals surface area contributed by atoms with Gasteiger partial charge in [0, 0.05) is 50.2 Å². The zero-order valence-corrected chi connectivity index (χ0v) is 25.7. The molecule has 2 aromatic carbocycles. The molecule has 41 heavy (non-hydrogen) atoms. The summed E-state index contributed by atoms with van der Waals surface area (Å²) in [5.74, 6) is 2.09. The normalized spacial score (nSPS) is 21.5. The van der Waals surface area contributed by atoms with Crippen LogP contribution in [0.4, 0.5) is 5.69 Å². The molecule has 2 aromatic rings. The SMILES string of the molecule is COCCCN1CCOc2ccc(CO[C@H]3CN[C@@H](C[C@@H](C)NC(=O)C(C)(C)C)C[C@@H]3c3ccc(OC)cc3)cc21. The average molecular weight is 568 g/mol. The van der Waals surface area contributed by atoms with Crippen LogP contribution in [-0.4, -0.2) is 71.2 Å². The predicted octanol–water partition coefficient (Wildman–Crippen LogP) is 4.90. The van der Waals surface area contributed by atoms with Gasteiger partial charge >= 0.3 is 0 Å². The van der Waals surface area contributed by atoms with Gasteiger partial charge in [0.2, 0.25) is 5.91 Å². The molecule has 0 bridgehead atoms. The number of nitrogens with zero attached hydrogens (tertiary/aromatic N) is 1. The lowest BCUT2D eigenvalue weighted by Crippen LogP contribution is -2.50. The molecule has 2 N–H and O–H groups in total. The summed E-state index contributed by atoms with van der Waals surface area (Å²) in [6, 6.07) is 15.1. The minimum atomic E-state index is -0.400. The number of benzene rings is 2. The number of rotatable bonds is 12. The summed E-state index contributed by atoms with van der Waals surface area (Å²) in [6.45, 7) is 12.5. The van der Waals surface area contributed by atoms with E-state index in [0.29, 0.717) is 13.2 Å². The van der Waals surface area contributed by atoms with E-state index in [-0.39, 0.29) is 30.0 Å². The molecule has 2 heterocycles. The van der Waals surface area contributed by atoms with Gasteiger partial charge in [0.05, 0.1) is 32.1 Å². The highest BCUT2D eigenvalue weighted by atomic mass is 16.5. The molecule has 0 aromatic heterocycles. The van der Waals surface area contributed by atoms with Gasteiger partial charge in [-0.15, -0.1) is 0 Å². The molecule has 0 unspecified atom stereocenters. The Hall–Kier alpha value is -2.81. The molecule has 8 heteroatoms. The number of ether oxygens (including phenoxy) is 4. The topological polar surface area (TPSA) is 81.3 Å². The van der Waals surface area contributed by atoms with E-state index in [1.807, 2.05) is 32.9 Å². The first-order chi connectivity index (χ1) is 19.7. The fourth-order valence-electron chi connectivity index (χ4n) is 5.69. The quantitative estimate of drug-likeness (QED) is 0.353. The van der Waals surface area contributed by atoms with E-state index in [1.165, 1.54) is 5.56 Å². The third-order valence-electron chi connectivity index (χ3n) is 8.06. The van der Waals surface area contributed by atoms with Crippen molar-refractivity contribution in [2.75, 3.05) is 52.0 Å². The fraction of sp³-hybridized carbons (Fsp3) is 0.606. The molecule has 1 amide bonds. The van der Waals surface area contributed by atoms with Crippen molar-refractivity contribution in [2.24, 2.45) is 5.41 Å². The van der Waals surface area contributed by atoms with Gasteiger partial charge in [0.15, 0.2) is 0 Å². The number of carbonyl (C=O) groups excluding carboxylic acids is 1. The van der Waals surface area contributed by atoms with Crippen molar-refractivity contribution in [3.8, 4) is 11.5 Å². The minimum absolute atomic E-state index is 0.0178.